The van der Waals surface area contributed by atoms with Crippen molar-refractivity contribution in [2.45, 2.75) is 58.8 Å². The molecule has 110 valence electrons. The molecule has 0 saturated heterocycles. The van der Waals surface area contributed by atoms with E-state index in [1.807, 2.05) is 0 Å². The first-order chi connectivity index (χ1) is 9.84. The molecule has 1 aliphatic rings. The van der Waals surface area contributed by atoms with Gasteiger partial charge in [0.1, 0.15) is 0 Å². The summed E-state index contributed by atoms with van der Waals surface area (Å²) in [6, 6.07) is 13.8. The first kappa shape index (κ1) is 14.4. The molecule has 0 nitrogen and oxygen atoms in total. The Bertz CT molecular complexity index is 687. The molecular weight excluding hydrogens is 252 g/mol. The Morgan fingerprint density at radius 1 is 0.810 bits per heavy atom. The number of hydrogen-bond donors (Lipinski definition) is 0. The van der Waals surface area contributed by atoms with Gasteiger partial charge in [-0.15, -0.1) is 0 Å². The molecule has 2 aromatic carbocycles. The molecule has 0 amide bonds. The molecule has 0 aliphatic heterocycles. The highest BCUT2D eigenvalue weighted by Gasteiger charge is 2.37. The summed E-state index contributed by atoms with van der Waals surface area (Å²) in [4.78, 5) is 0. The molecule has 0 aromatic heterocycles. The second-order valence-corrected chi connectivity index (χ2v) is 7.51. The van der Waals surface area contributed by atoms with Crippen molar-refractivity contribution in [2.24, 2.45) is 0 Å². The summed E-state index contributed by atoms with van der Waals surface area (Å²) in [6.45, 7) is 13.9. The van der Waals surface area contributed by atoms with E-state index in [2.05, 4.69) is 77.9 Å². The zero-order valence-electron chi connectivity index (χ0n) is 14.1. The van der Waals surface area contributed by atoms with Gasteiger partial charge < -0.3 is 0 Å². The van der Waals surface area contributed by atoms with Gasteiger partial charge in [0.15, 0.2) is 0 Å². The SMILES string of the molecule is CC(C)c1cc(C(C)C)c2c(c1)C(C)(C)c1ccccc1-2. The highest BCUT2D eigenvalue weighted by molar-refractivity contribution is 5.83. The topological polar surface area (TPSA) is 0 Å². The fraction of sp³-hybridized carbons (Fsp3) is 0.429. The van der Waals surface area contributed by atoms with Crippen LogP contribution >= 0.6 is 0 Å². The van der Waals surface area contributed by atoms with Crippen molar-refractivity contribution in [3.05, 3.63) is 58.7 Å². The van der Waals surface area contributed by atoms with Crippen molar-refractivity contribution in [1.29, 1.82) is 0 Å². The monoisotopic (exact) mass is 278 g/mol. The van der Waals surface area contributed by atoms with Crippen LogP contribution in [0.25, 0.3) is 11.1 Å². The quantitative estimate of drug-likeness (QED) is 0.610. The highest BCUT2D eigenvalue weighted by Crippen LogP contribution is 2.51. The lowest BCUT2D eigenvalue weighted by Gasteiger charge is -2.24. The standard InChI is InChI=1S/C21H26/c1-13(2)15-11-17(14(3)4)20-16-9-7-8-10-18(16)21(5,6)19(20)12-15/h7-14H,1-6H3. The van der Waals surface area contributed by atoms with E-state index in [0.717, 1.165) is 0 Å². The fourth-order valence-corrected chi connectivity index (χ4v) is 3.66. The van der Waals surface area contributed by atoms with Gasteiger partial charge in [0.05, 0.1) is 0 Å². The molecule has 21 heavy (non-hydrogen) atoms. The Kier molecular flexibility index (Phi) is 3.24. The van der Waals surface area contributed by atoms with Gasteiger partial charge in [0.25, 0.3) is 0 Å². The molecular formula is C21H26. The van der Waals surface area contributed by atoms with E-state index in [1.165, 1.54) is 33.4 Å². The van der Waals surface area contributed by atoms with Crippen molar-refractivity contribution < 1.29 is 0 Å². The maximum atomic E-state index is 2.45. The van der Waals surface area contributed by atoms with Crippen LogP contribution in [0.1, 0.15) is 75.6 Å². The van der Waals surface area contributed by atoms with E-state index >= 15 is 0 Å². The Balaban J connectivity index is 2.39. The maximum Gasteiger partial charge on any atom is 0.0159 e. The fourth-order valence-electron chi connectivity index (χ4n) is 3.66. The predicted octanol–water partition coefficient (Wildman–Crippen LogP) is 6.24. The van der Waals surface area contributed by atoms with Gasteiger partial charge in [0.2, 0.25) is 0 Å². The molecule has 0 bridgehead atoms. The summed E-state index contributed by atoms with van der Waals surface area (Å²) in [7, 11) is 0. The Labute approximate surface area is 129 Å². The summed E-state index contributed by atoms with van der Waals surface area (Å²) in [5.41, 5.74) is 9.01. The lowest BCUT2D eigenvalue weighted by molar-refractivity contribution is 0.656. The van der Waals surface area contributed by atoms with Crippen molar-refractivity contribution in [1.82, 2.24) is 0 Å². The van der Waals surface area contributed by atoms with Gasteiger partial charge in [-0.3, -0.25) is 0 Å². The van der Waals surface area contributed by atoms with E-state index in [0.29, 0.717) is 11.8 Å². The van der Waals surface area contributed by atoms with Crippen LogP contribution < -0.4 is 0 Å². The summed E-state index contributed by atoms with van der Waals surface area (Å²) in [5, 5.41) is 0. The molecule has 3 rings (SSSR count). The summed E-state index contributed by atoms with van der Waals surface area (Å²) in [6.07, 6.45) is 0. The van der Waals surface area contributed by atoms with E-state index < -0.39 is 0 Å². The van der Waals surface area contributed by atoms with Crippen molar-refractivity contribution in [3.63, 3.8) is 0 Å². The van der Waals surface area contributed by atoms with Gasteiger partial charge in [-0.25, -0.2) is 0 Å². The van der Waals surface area contributed by atoms with Gasteiger partial charge in [-0.2, -0.15) is 0 Å². The third-order valence-electron chi connectivity index (χ3n) is 5.02. The maximum absolute atomic E-state index is 2.45. The highest BCUT2D eigenvalue weighted by atomic mass is 14.4. The zero-order valence-corrected chi connectivity index (χ0v) is 14.1. The minimum absolute atomic E-state index is 0.112. The molecule has 1 aliphatic carbocycles. The minimum Gasteiger partial charge on any atom is -0.0619 e. The lowest BCUT2D eigenvalue weighted by Crippen LogP contribution is -2.15. The van der Waals surface area contributed by atoms with Crippen LogP contribution in [-0.2, 0) is 5.41 Å². The minimum atomic E-state index is 0.112. The second-order valence-electron chi connectivity index (χ2n) is 7.51. The molecule has 0 atom stereocenters. The summed E-state index contributed by atoms with van der Waals surface area (Å²) in [5.74, 6) is 1.13. The Morgan fingerprint density at radius 3 is 2.10 bits per heavy atom. The normalized spacial score (nSPS) is 15.4. The molecule has 0 spiro atoms. The molecule has 0 radical (unpaired) electrons. The lowest BCUT2D eigenvalue weighted by atomic mass is 9.80. The van der Waals surface area contributed by atoms with Crippen LogP contribution in [0.15, 0.2) is 36.4 Å². The van der Waals surface area contributed by atoms with Gasteiger partial charge >= 0.3 is 0 Å². The summed E-state index contributed by atoms with van der Waals surface area (Å²) >= 11 is 0. The van der Waals surface area contributed by atoms with Crippen LogP contribution in [0.2, 0.25) is 0 Å². The Hall–Kier alpha value is -1.56. The van der Waals surface area contributed by atoms with Crippen molar-refractivity contribution >= 4 is 0 Å². The molecule has 0 fully saturated rings. The van der Waals surface area contributed by atoms with Crippen molar-refractivity contribution in [3.8, 4) is 11.1 Å². The van der Waals surface area contributed by atoms with E-state index in [-0.39, 0.29) is 5.41 Å². The molecule has 0 unspecified atom stereocenters. The van der Waals surface area contributed by atoms with Gasteiger partial charge in [-0.1, -0.05) is 77.9 Å². The number of hydrogen-bond acceptors (Lipinski definition) is 0. The first-order valence-corrected chi connectivity index (χ1v) is 8.12. The first-order valence-electron chi connectivity index (χ1n) is 8.12. The molecule has 0 N–H and O–H groups in total. The second kappa shape index (κ2) is 4.73. The number of fused-ring (bicyclic) bond motifs is 3. The number of rotatable bonds is 2. The van der Waals surface area contributed by atoms with Gasteiger partial charge in [0, 0.05) is 5.41 Å². The zero-order chi connectivity index (χ0) is 15.4. The van der Waals surface area contributed by atoms with Crippen LogP contribution in [0.3, 0.4) is 0 Å². The average molecular weight is 278 g/mol. The molecule has 0 saturated carbocycles. The Morgan fingerprint density at radius 2 is 1.48 bits per heavy atom. The third kappa shape index (κ3) is 2.04. The largest absolute Gasteiger partial charge is 0.0619 e. The van der Waals surface area contributed by atoms with Gasteiger partial charge in [-0.05, 0) is 45.2 Å². The average Bonchev–Trinajstić information content (AvgIpc) is 2.67. The van der Waals surface area contributed by atoms with E-state index in [9.17, 15) is 0 Å². The van der Waals surface area contributed by atoms with Crippen LogP contribution in [0, 0.1) is 0 Å². The van der Waals surface area contributed by atoms with Crippen LogP contribution in [0.5, 0.6) is 0 Å². The smallest absolute Gasteiger partial charge is 0.0159 e. The molecule has 0 heterocycles. The number of benzene rings is 2. The van der Waals surface area contributed by atoms with Crippen LogP contribution in [-0.4, -0.2) is 0 Å². The third-order valence-corrected chi connectivity index (χ3v) is 5.02. The molecule has 0 heteroatoms. The van der Waals surface area contributed by atoms with Crippen LogP contribution in [0.4, 0.5) is 0 Å². The summed E-state index contributed by atoms with van der Waals surface area (Å²) < 4.78 is 0. The predicted molar refractivity (Wildman–Crippen MR) is 92.2 cm³/mol. The van der Waals surface area contributed by atoms with E-state index in [1.54, 1.807) is 0 Å². The van der Waals surface area contributed by atoms with E-state index in [4.69, 9.17) is 0 Å². The van der Waals surface area contributed by atoms with Crippen molar-refractivity contribution in [2.75, 3.05) is 0 Å². The molecule has 2 aromatic rings.